The van der Waals surface area contributed by atoms with Crippen molar-refractivity contribution in [3.63, 3.8) is 0 Å². The average Bonchev–Trinajstić information content (AvgIpc) is 3.48. The van der Waals surface area contributed by atoms with Crippen LogP contribution in [0.2, 0.25) is 0 Å². The second-order valence-corrected chi connectivity index (χ2v) is 9.11. The maximum atomic E-state index is 12.4. The molecule has 1 aromatic carbocycles. The lowest BCUT2D eigenvalue weighted by Crippen LogP contribution is -2.58. The van der Waals surface area contributed by atoms with Gasteiger partial charge in [-0.3, -0.25) is 19.3 Å². The number of thiophene rings is 1. The summed E-state index contributed by atoms with van der Waals surface area (Å²) in [6.45, 7) is 1.60. The molecule has 170 valence electrons. The zero-order valence-electron chi connectivity index (χ0n) is 18.0. The smallest absolute Gasteiger partial charge is 0.261 e. The highest BCUT2D eigenvalue weighted by atomic mass is 32.1. The molecule has 2 aliphatic heterocycles. The summed E-state index contributed by atoms with van der Waals surface area (Å²) in [6, 6.07) is 11.0. The topological polar surface area (TPSA) is 99.8 Å². The summed E-state index contributed by atoms with van der Waals surface area (Å²) in [4.78, 5) is 40.0. The van der Waals surface area contributed by atoms with Crippen LogP contribution in [0.5, 0.6) is 5.75 Å². The number of hydrogen-bond donors (Lipinski definition) is 3. The van der Waals surface area contributed by atoms with E-state index in [0.29, 0.717) is 43.8 Å². The van der Waals surface area contributed by atoms with Gasteiger partial charge in [0.25, 0.3) is 5.91 Å². The molecule has 3 atom stereocenters. The maximum absolute atomic E-state index is 12.4. The molecule has 9 heteroatoms. The third kappa shape index (κ3) is 5.28. The lowest BCUT2D eigenvalue weighted by molar-refractivity contribution is -0.129. The number of nitrogens with one attached hydrogen (secondary N) is 3. The molecular formula is C23H28N4O4S. The lowest BCUT2D eigenvalue weighted by Gasteiger charge is -2.37. The molecule has 3 N–H and O–H groups in total. The van der Waals surface area contributed by atoms with Crippen LogP contribution in [0.4, 0.5) is 0 Å². The van der Waals surface area contributed by atoms with E-state index in [-0.39, 0.29) is 35.8 Å². The Hall–Kier alpha value is -2.91. The van der Waals surface area contributed by atoms with E-state index in [1.165, 1.54) is 11.3 Å². The van der Waals surface area contributed by atoms with Crippen LogP contribution < -0.4 is 20.7 Å². The molecule has 0 saturated carbocycles. The van der Waals surface area contributed by atoms with Crippen LogP contribution in [0.15, 0.2) is 41.8 Å². The Morgan fingerprint density at radius 1 is 1.25 bits per heavy atom. The molecule has 0 radical (unpaired) electrons. The number of carbonyl (C=O) groups is 3. The number of rotatable bonds is 8. The first-order valence-corrected chi connectivity index (χ1v) is 11.7. The lowest BCUT2D eigenvalue weighted by atomic mass is 10.0. The van der Waals surface area contributed by atoms with Crippen molar-refractivity contribution in [3.8, 4) is 5.75 Å². The van der Waals surface area contributed by atoms with E-state index in [2.05, 4.69) is 20.9 Å². The molecule has 4 rings (SSSR count). The average molecular weight is 457 g/mol. The number of ether oxygens (including phenoxy) is 1. The number of nitrogens with zero attached hydrogens (tertiary/aromatic N) is 1. The number of carbonyl (C=O) groups excluding carboxylic acids is 3. The molecule has 32 heavy (non-hydrogen) atoms. The molecule has 0 aliphatic carbocycles. The van der Waals surface area contributed by atoms with Crippen molar-refractivity contribution in [2.75, 3.05) is 20.2 Å². The number of benzene rings is 1. The summed E-state index contributed by atoms with van der Waals surface area (Å²) >= 11 is 1.40. The van der Waals surface area contributed by atoms with Gasteiger partial charge in [0.05, 0.1) is 18.0 Å². The van der Waals surface area contributed by atoms with Gasteiger partial charge in [0.2, 0.25) is 11.8 Å². The van der Waals surface area contributed by atoms with Crippen molar-refractivity contribution < 1.29 is 19.1 Å². The van der Waals surface area contributed by atoms with E-state index in [9.17, 15) is 14.4 Å². The number of methoxy groups -OCH3 is 1. The highest BCUT2D eigenvalue weighted by Crippen LogP contribution is 2.26. The number of amides is 3. The molecular weight excluding hydrogens is 428 g/mol. The zero-order chi connectivity index (χ0) is 22.5. The molecule has 2 aromatic rings. The highest BCUT2D eigenvalue weighted by molar-refractivity contribution is 7.12. The minimum atomic E-state index is -0.259. The van der Waals surface area contributed by atoms with Crippen LogP contribution in [0.25, 0.3) is 0 Å². The quantitative estimate of drug-likeness (QED) is 0.559. The van der Waals surface area contributed by atoms with E-state index in [1.807, 2.05) is 35.7 Å². The molecule has 3 heterocycles. The minimum Gasteiger partial charge on any atom is -0.497 e. The zero-order valence-corrected chi connectivity index (χ0v) is 18.8. The summed E-state index contributed by atoms with van der Waals surface area (Å²) in [5.41, 5.74) is 1.01. The Labute approximate surface area is 191 Å². The van der Waals surface area contributed by atoms with Gasteiger partial charge in [-0.15, -0.1) is 11.3 Å². The summed E-state index contributed by atoms with van der Waals surface area (Å²) < 4.78 is 5.15. The third-order valence-electron chi connectivity index (χ3n) is 6.06. The Balaban J connectivity index is 1.26. The third-order valence-corrected chi connectivity index (χ3v) is 6.93. The Morgan fingerprint density at radius 3 is 2.78 bits per heavy atom. The largest absolute Gasteiger partial charge is 0.497 e. The molecule has 8 nitrogen and oxygen atoms in total. The van der Waals surface area contributed by atoms with Gasteiger partial charge in [-0.2, -0.15) is 0 Å². The van der Waals surface area contributed by atoms with Crippen molar-refractivity contribution in [2.24, 2.45) is 0 Å². The van der Waals surface area contributed by atoms with Crippen molar-refractivity contribution in [3.05, 3.63) is 52.2 Å². The van der Waals surface area contributed by atoms with Crippen molar-refractivity contribution in [1.82, 2.24) is 20.9 Å². The number of piperazine rings is 1. The van der Waals surface area contributed by atoms with Gasteiger partial charge in [0, 0.05) is 38.1 Å². The van der Waals surface area contributed by atoms with Crippen LogP contribution in [-0.2, 0) is 16.1 Å². The minimum absolute atomic E-state index is 0.00178. The first-order valence-electron chi connectivity index (χ1n) is 10.8. The Morgan fingerprint density at radius 2 is 2.06 bits per heavy atom. The molecule has 2 saturated heterocycles. The first-order chi connectivity index (χ1) is 15.5. The molecule has 2 fully saturated rings. The van der Waals surface area contributed by atoms with Gasteiger partial charge in [-0.1, -0.05) is 18.2 Å². The van der Waals surface area contributed by atoms with Crippen molar-refractivity contribution >= 4 is 29.1 Å². The standard InChI is InChI=1S/C23H28N4O4S/c1-31-18-7-4-15(5-8-18)12-24-21(28)9-6-17-13-25-22(29)19-11-16(14-27(17)19)26-23(30)20-3-2-10-32-20/h2-5,7-8,10,16-17,19H,6,9,11-14H2,1H3,(H,24,28)(H,25,29)(H,26,30). The predicted molar refractivity (Wildman–Crippen MR) is 122 cm³/mol. The number of fused-ring (bicyclic) bond motifs is 1. The van der Waals surface area contributed by atoms with Gasteiger partial charge in [0.1, 0.15) is 5.75 Å². The fourth-order valence-corrected chi connectivity index (χ4v) is 4.97. The first kappa shape index (κ1) is 22.3. The summed E-state index contributed by atoms with van der Waals surface area (Å²) in [7, 11) is 1.62. The van der Waals surface area contributed by atoms with Crippen LogP contribution >= 0.6 is 11.3 Å². The summed E-state index contributed by atoms with van der Waals surface area (Å²) in [5, 5.41) is 10.8. The monoisotopic (exact) mass is 456 g/mol. The highest BCUT2D eigenvalue weighted by Gasteiger charge is 2.43. The van der Waals surface area contributed by atoms with E-state index in [0.717, 1.165) is 11.3 Å². The SMILES string of the molecule is COc1ccc(CNC(=O)CCC2CNC(=O)C3CC(NC(=O)c4cccs4)CN23)cc1. The molecule has 3 amide bonds. The normalized spacial score (nSPS) is 22.7. The summed E-state index contributed by atoms with van der Waals surface area (Å²) in [5.74, 6) is 0.665. The second kappa shape index (κ2) is 10.1. The van der Waals surface area contributed by atoms with Crippen LogP contribution in [-0.4, -0.2) is 60.9 Å². The molecule has 2 aliphatic rings. The predicted octanol–water partition coefficient (Wildman–Crippen LogP) is 1.52. The van der Waals surface area contributed by atoms with Crippen LogP contribution in [0.3, 0.4) is 0 Å². The van der Waals surface area contributed by atoms with Crippen LogP contribution in [0.1, 0.15) is 34.5 Å². The number of hydrogen-bond acceptors (Lipinski definition) is 6. The Bertz CT molecular complexity index is 947. The summed E-state index contributed by atoms with van der Waals surface area (Å²) in [6.07, 6.45) is 1.62. The molecule has 1 aromatic heterocycles. The van der Waals surface area contributed by atoms with Crippen LogP contribution in [0, 0.1) is 0 Å². The van der Waals surface area contributed by atoms with Gasteiger partial charge in [-0.25, -0.2) is 0 Å². The fourth-order valence-electron chi connectivity index (χ4n) is 4.34. The Kier molecular flexibility index (Phi) is 7.06. The van der Waals surface area contributed by atoms with E-state index in [1.54, 1.807) is 13.2 Å². The fraction of sp³-hybridized carbons (Fsp3) is 0.435. The van der Waals surface area contributed by atoms with E-state index in [4.69, 9.17) is 4.74 Å². The van der Waals surface area contributed by atoms with Crippen molar-refractivity contribution in [2.45, 2.75) is 43.9 Å². The van der Waals surface area contributed by atoms with E-state index < -0.39 is 0 Å². The second-order valence-electron chi connectivity index (χ2n) is 8.16. The van der Waals surface area contributed by atoms with Crippen molar-refractivity contribution in [1.29, 1.82) is 0 Å². The molecule has 0 spiro atoms. The van der Waals surface area contributed by atoms with Gasteiger partial charge >= 0.3 is 0 Å². The van der Waals surface area contributed by atoms with Gasteiger partial charge in [0.15, 0.2) is 0 Å². The van der Waals surface area contributed by atoms with Gasteiger partial charge < -0.3 is 20.7 Å². The molecule has 0 bridgehead atoms. The van der Waals surface area contributed by atoms with E-state index >= 15 is 0 Å². The maximum Gasteiger partial charge on any atom is 0.261 e. The molecule has 3 unspecified atom stereocenters. The van der Waals surface area contributed by atoms with Gasteiger partial charge in [-0.05, 0) is 42.0 Å².